The van der Waals surface area contributed by atoms with Crippen LogP contribution in [0.5, 0.6) is 0 Å². The van der Waals surface area contributed by atoms with Crippen LogP contribution >= 0.6 is 0 Å². The molecule has 0 bridgehead atoms. The molecule has 2 amide bonds. The third kappa shape index (κ3) is 4.37. The van der Waals surface area contributed by atoms with Crippen molar-refractivity contribution in [3.05, 3.63) is 65.5 Å². The Morgan fingerprint density at radius 3 is 2.68 bits per heavy atom. The SMILES string of the molecule is CCN(Cc1ccncc1)C(=O)NCC1Cc2ccccc2CN1C. The second-order valence-corrected chi connectivity index (χ2v) is 6.60. The summed E-state index contributed by atoms with van der Waals surface area (Å²) in [4.78, 5) is 20.7. The lowest BCUT2D eigenvalue weighted by molar-refractivity contribution is 0.181. The first-order chi connectivity index (χ1) is 12.2. The fourth-order valence-corrected chi connectivity index (χ4v) is 3.30. The van der Waals surface area contributed by atoms with Crippen molar-refractivity contribution in [3.8, 4) is 0 Å². The van der Waals surface area contributed by atoms with Crippen LogP contribution in [0.4, 0.5) is 4.79 Å². The molecule has 0 fully saturated rings. The van der Waals surface area contributed by atoms with E-state index in [-0.39, 0.29) is 6.03 Å². The standard InChI is InChI=1S/C20H26N4O/c1-3-24(14-16-8-10-21-11-9-16)20(25)22-13-19-12-17-6-4-5-7-18(17)15-23(19)2/h4-11,19H,3,12-15H2,1-2H3,(H,22,25). The maximum Gasteiger partial charge on any atom is 0.317 e. The first-order valence-corrected chi connectivity index (χ1v) is 8.86. The summed E-state index contributed by atoms with van der Waals surface area (Å²) < 4.78 is 0. The second-order valence-electron chi connectivity index (χ2n) is 6.60. The monoisotopic (exact) mass is 338 g/mol. The number of likely N-dealkylation sites (N-methyl/N-ethyl adjacent to an activating group) is 1. The van der Waals surface area contributed by atoms with Gasteiger partial charge in [0, 0.05) is 44.6 Å². The number of hydrogen-bond donors (Lipinski definition) is 1. The van der Waals surface area contributed by atoms with E-state index in [4.69, 9.17) is 0 Å². The van der Waals surface area contributed by atoms with Crippen molar-refractivity contribution >= 4 is 6.03 Å². The van der Waals surface area contributed by atoms with Crippen LogP contribution in [0.1, 0.15) is 23.6 Å². The summed E-state index contributed by atoms with van der Waals surface area (Å²) in [6, 6.07) is 12.8. The van der Waals surface area contributed by atoms with Crippen molar-refractivity contribution in [1.29, 1.82) is 0 Å². The van der Waals surface area contributed by atoms with Gasteiger partial charge in [0.2, 0.25) is 0 Å². The summed E-state index contributed by atoms with van der Waals surface area (Å²) >= 11 is 0. The molecular formula is C20H26N4O. The number of benzene rings is 1. The van der Waals surface area contributed by atoms with Crippen molar-refractivity contribution in [2.45, 2.75) is 32.5 Å². The Morgan fingerprint density at radius 2 is 1.96 bits per heavy atom. The normalized spacial score (nSPS) is 17.0. The third-order valence-electron chi connectivity index (χ3n) is 4.90. The zero-order valence-corrected chi connectivity index (χ0v) is 15.0. The molecule has 0 spiro atoms. The van der Waals surface area contributed by atoms with E-state index in [2.05, 4.69) is 46.5 Å². The number of amides is 2. The largest absolute Gasteiger partial charge is 0.336 e. The van der Waals surface area contributed by atoms with E-state index in [1.165, 1.54) is 11.1 Å². The average molecular weight is 338 g/mol. The van der Waals surface area contributed by atoms with Crippen molar-refractivity contribution in [2.75, 3.05) is 20.1 Å². The minimum atomic E-state index is -0.00780. The van der Waals surface area contributed by atoms with E-state index in [0.717, 1.165) is 18.5 Å². The summed E-state index contributed by atoms with van der Waals surface area (Å²) in [5, 5.41) is 3.11. The second kappa shape index (κ2) is 8.12. The van der Waals surface area contributed by atoms with Gasteiger partial charge in [0.15, 0.2) is 0 Å². The molecule has 2 aromatic rings. The number of carbonyl (C=O) groups excluding carboxylic acids is 1. The van der Waals surface area contributed by atoms with Crippen LogP contribution in [-0.4, -0.2) is 47.0 Å². The van der Waals surface area contributed by atoms with Gasteiger partial charge in [0.25, 0.3) is 0 Å². The summed E-state index contributed by atoms with van der Waals surface area (Å²) in [6.45, 7) is 4.89. The molecule has 1 N–H and O–H groups in total. The summed E-state index contributed by atoms with van der Waals surface area (Å²) in [6.07, 6.45) is 4.49. The molecule has 5 nitrogen and oxygen atoms in total. The van der Waals surface area contributed by atoms with E-state index >= 15 is 0 Å². The average Bonchev–Trinajstić information content (AvgIpc) is 2.65. The van der Waals surface area contributed by atoms with Gasteiger partial charge in [-0.2, -0.15) is 0 Å². The molecule has 0 saturated heterocycles. The van der Waals surface area contributed by atoms with Crippen molar-refractivity contribution in [1.82, 2.24) is 20.1 Å². The first kappa shape index (κ1) is 17.4. The maximum atomic E-state index is 12.6. The molecule has 0 radical (unpaired) electrons. The number of hydrogen-bond acceptors (Lipinski definition) is 3. The first-order valence-electron chi connectivity index (χ1n) is 8.86. The van der Waals surface area contributed by atoms with Gasteiger partial charge in [-0.1, -0.05) is 24.3 Å². The van der Waals surface area contributed by atoms with Crippen LogP contribution in [0.2, 0.25) is 0 Å². The van der Waals surface area contributed by atoms with E-state index in [1.807, 2.05) is 24.0 Å². The molecule has 2 heterocycles. The fraction of sp³-hybridized carbons (Fsp3) is 0.400. The van der Waals surface area contributed by atoms with Crippen LogP contribution in [0.15, 0.2) is 48.8 Å². The summed E-state index contributed by atoms with van der Waals surface area (Å²) in [5.41, 5.74) is 3.88. The molecule has 3 rings (SSSR count). The van der Waals surface area contributed by atoms with Gasteiger partial charge in [0.1, 0.15) is 0 Å². The zero-order valence-electron chi connectivity index (χ0n) is 15.0. The van der Waals surface area contributed by atoms with E-state index in [0.29, 0.717) is 25.7 Å². The predicted octanol–water partition coefficient (Wildman–Crippen LogP) is 2.67. The van der Waals surface area contributed by atoms with E-state index < -0.39 is 0 Å². The highest BCUT2D eigenvalue weighted by atomic mass is 16.2. The van der Waals surface area contributed by atoms with Crippen LogP contribution in [-0.2, 0) is 19.5 Å². The Labute approximate surface area is 149 Å². The Kier molecular flexibility index (Phi) is 5.66. The Balaban J connectivity index is 1.56. The number of rotatable bonds is 5. The van der Waals surface area contributed by atoms with Crippen LogP contribution in [0.3, 0.4) is 0 Å². The van der Waals surface area contributed by atoms with Crippen LogP contribution < -0.4 is 5.32 Å². The lowest BCUT2D eigenvalue weighted by Gasteiger charge is -2.34. The number of fused-ring (bicyclic) bond motifs is 1. The van der Waals surface area contributed by atoms with Gasteiger partial charge in [0.05, 0.1) is 0 Å². The minimum Gasteiger partial charge on any atom is -0.336 e. The predicted molar refractivity (Wildman–Crippen MR) is 99.1 cm³/mol. The lowest BCUT2D eigenvalue weighted by Crippen LogP contribution is -2.48. The maximum absolute atomic E-state index is 12.6. The van der Waals surface area contributed by atoms with Gasteiger partial charge in [-0.25, -0.2) is 4.79 Å². The summed E-state index contributed by atoms with van der Waals surface area (Å²) in [5.74, 6) is 0. The van der Waals surface area contributed by atoms with Gasteiger partial charge in [-0.15, -0.1) is 0 Å². The van der Waals surface area contributed by atoms with Gasteiger partial charge in [-0.3, -0.25) is 9.88 Å². The topological polar surface area (TPSA) is 48.5 Å². The summed E-state index contributed by atoms with van der Waals surface area (Å²) in [7, 11) is 2.13. The zero-order chi connectivity index (χ0) is 17.6. The molecule has 0 saturated carbocycles. The minimum absolute atomic E-state index is 0.00780. The molecule has 132 valence electrons. The number of nitrogens with one attached hydrogen (secondary N) is 1. The molecule has 0 aliphatic carbocycles. The van der Waals surface area contributed by atoms with Crippen molar-refractivity contribution in [2.24, 2.45) is 0 Å². The quantitative estimate of drug-likeness (QED) is 0.912. The molecule has 1 atom stereocenters. The van der Waals surface area contributed by atoms with Crippen LogP contribution in [0.25, 0.3) is 0 Å². The highest BCUT2D eigenvalue weighted by molar-refractivity contribution is 5.74. The molecule has 1 unspecified atom stereocenters. The Hall–Kier alpha value is -2.40. The number of nitrogens with zero attached hydrogens (tertiary/aromatic N) is 3. The molecular weight excluding hydrogens is 312 g/mol. The van der Waals surface area contributed by atoms with Gasteiger partial charge in [-0.05, 0) is 49.2 Å². The molecule has 1 aromatic heterocycles. The lowest BCUT2D eigenvalue weighted by atomic mass is 9.94. The van der Waals surface area contributed by atoms with Crippen molar-refractivity contribution in [3.63, 3.8) is 0 Å². The highest BCUT2D eigenvalue weighted by Gasteiger charge is 2.24. The Morgan fingerprint density at radius 1 is 1.24 bits per heavy atom. The van der Waals surface area contributed by atoms with Crippen LogP contribution in [0, 0.1) is 0 Å². The highest BCUT2D eigenvalue weighted by Crippen LogP contribution is 2.21. The number of urea groups is 1. The fourth-order valence-electron chi connectivity index (χ4n) is 3.30. The van der Waals surface area contributed by atoms with E-state index in [9.17, 15) is 4.79 Å². The van der Waals surface area contributed by atoms with Crippen molar-refractivity contribution < 1.29 is 4.79 Å². The van der Waals surface area contributed by atoms with Gasteiger partial charge >= 0.3 is 6.03 Å². The van der Waals surface area contributed by atoms with Gasteiger partial charge < -0.3 is 10.2 Å². The molecule has 5 heteroatoms. The number of pyridine rings is 1. The molecule has 1 aliphatic heterocycles. The Bertz CT molecular complexity index is 704. The molecule has 1 aromatic carbocycles. The molecule has 1 aliphatic rings. The number of aromatic nitrogens is 1. The third-order valence-corrected chi connectivity index (χ3v) is 4.90. The number of carbonyl (C=O) groups is 1. The van der Waals surface area contributed by atoms with E-state index in [1.54, 1.807) is 12.4 Å². The molecule has 25 heavy (non-hydrogen) atoms. The smallest absolute Gasteiger partial charge is 0.317 e.